The number of amides is 1. The second kappa shape index (κ2) is 7.49. The summed E-state index contributed by atoms with van der Waals surface area (Å²) in [5.74, 6) is -1.98. The van der Waals surface area contributed by atoms with Gasteiger partial charge >= 0.3 is 5.69 Å². The lowest BCUT2D eigenvalue weighted by Crippen LogP contribution is -2.34. The van der Waals surface area contributed by atoms with Gasteiger partial charge in [-0.3, -0.25) is 14.9 Å². The number of carbonyl (C=O) groups excluding carboxylic acids is 1. The third kappa shape index (κ3) is 4.03. The summed E-state index contributed by atoms with van der Waals surface area (Å²) in [5, 5.41) is 10.9. The summed E-state index contributed by atoms with van der Waals surface area (Å²) < 4.78 is 31.3. The summed E-state index contributed by atoms with van der Waals surface area (Å²) >= 11 is 0. The van der Waals surface area contributed by atoms with E-state index < -0.39 is 34.8 Å². The first kappa shape index (κ1) is 17.3. The Labute approximate surface area is 136 Å². The maximum Gasteiger partial charge on any atom is 0.311 e. The van der Waals surface area contributed by atoms with Gasteiger partial charge < -0.3 is 9.64 Å². The molecule has 2 rings (SSSR count). The van der Waals surface area contributed by atoms with Crippen LogP contribution >= 0.6 is 0 Å². The predicted molar refractivity (Wildman–Crippen MR) is 83.0 cm³/mol. The molecule has 0 unspecified atom stereocenters. The number of nitro groups is 1. The van der Waals surface area contributed by atoms with Crippen molar-refractivity contribution >= 4 is 17.3 Å². The Morgan fingerprint density at radius 3 is 2.38 bits per heavy atom. The topological polar surface area (TPSA) is 72.7 Å². The average Bonchev–Trinajstić information content (AvgIpc) is 2.55. The zero-order chi connectivity index (χ0) is 17.7. The van der Waals surface area contributed by atoms with E-state index in [1.165, 1.54) is 29.2 Å². The molecule has 0 saturated carbocycles. The molecule has 0 heterocycles. The fourth-order valence-corrected chi connectivity index (χ4v) is 2.10. The number of hydrogen-bond acceptors (Lipinski definition) is 4. The third-order valence-corrected chi connectivity index (χ3v) is 3.23. The number of rotatable bonds is 6. The van der Waals surface area contributed by atoms with Crippen molar-refractivity contribution in [3.63, 3.8) is 0 Å². The summed E-state index contributed by atoms with van der Waals surface area (Å²) in [6.07, 6.45) is 0. The van der Waals surface area contributed by atoms with Crippen molar-refractivity contribution in [2.45, 2.75) is 6.92 Å². The standard InChI is InChI=1S/C16H14F2N2O4/c1-2-19(13-6-3-11(17)4-7-13)16(21)10-24-15-9-12(18)5-8-14(15)20(22)23/h3-9H,2,10H2,1H3. The van der Waals surface area contributed by atoms with Gasteiger partial charge in [0.25, 0.3) is 5.91 Å². The van der Waals surface area contributed by atoms with Crippen LogP contribution < -0.4 is 9.64 Å². The van der Waals surface area contributed by atoms with Crippen molar-refractivity contribution in [2.75, 3.05) is 18.1 Å². The smallest absolute Gasteiger partial charge is 0.311 e. The van der Waals surface area contributed by atoms with Crippen molar-refractivity contribution < 1.29 is 23.2 Å². The highest BCUT2D eigenvalue weighted by atomic mass is 19.1. The lowest BCUT2D eigenvalue weighted by molar-refractivity contribution is -0.385. The Kier molecular flexibility index (Phi) is 5.41. The summed E-state index contributed by atoms with van der Waals surface area (Å²) in [4.78, 5) is 23.7. The van der Waals surface area contributed by atoms with Gasteiger partial charge in [-0.1, -0.05) is 0 Å². The van der Waals surface area contributed by atoms with E-state index in [1.54, 1.807) is 6.92 Å². The highest BCUT2D eigenvalue weighted by molar-refractivity contribution is 5.94. The van der Waals surface area contributed by atoms with Crippen LogP contribution in [-0.4, -0.2) is 24.0 Å². The number of benzene rings is 2. The van der Waals surface area contributed by atoms with E-state index in [2.05, 4.69) is 0 Å². The van der Waals surface area contributed by atoms with Gasteiger partial charge in [-0.15, -0.1) is 0 Å². The van der Waals surface area contributed by atoms with Crippen LogP contribution in [0.4, 0.5) is 20.2 Å². The average molecular weight is 336 g/mol. The van der Waals surface area contributed by atoms with Gasteiger partial charge in [0, 0.05) is 24.4 Å². The molecule has 8 heteroatoms. The van der Waals surface area contributed by atoms with Gasteiger partial charge in [-0.2, -0.15) is 0 Å². The van der Waals surface area contributed by atoms with Crippen LogP contribution in [0.15, 0.2) is 42.5 Å². The molecule has 0 aliphatic carbocycles. The first-order valence-corrected chi connectivity index (χ1v) is 7.05. The Balaban J connectivity index is 2.13. The molecule has 0 aromatic heterocycles. The van der Waals surface area contributed by atoms with Crippen LogP contribution in [0.25, 0.3) is 0 Å². The molecule has 0 radical (unpaired) electrons. The molecule has 0 bridgehead atoms. The van der Waals surface area contributed by atoms with Gasteiger partial charge in [0.1, 0.15) is 11.6 Å². The second-order valence-corrected chi connectivity index (χ2v) is 4.77. The van der Waals surface area contributed by atoms with Crippen molar-refractivity contribution in [2.24, 2.45) is 0 Å². The maximum atomic E-state index is 13.2. The number of hydrogen-bond donors (Lipinski definition) is 0. The molecule has 0 aliphatic rings. The van der Waals surface area contributed by atoms with Gasteiger partial charge in [-0.25, -0.2) is 8.78 Å². The van der Waals surface area contributed by atoms with E-state index in [4.69, 9.17) is 4.74 Å². The fourth-order valence-electron chi connectivity index (χ4n) is 2.10. The summed E-state index contributed by atoms with van der Waals surface area (Å²) in [6, 6.07) is 8.03. The van der Waals surface area contributed by atoms with Gasteiger partial charge in [0.05, 0.1) is 4.92 Å². The summed E-state index contributed by atoms with van der Waals surface area (Å²) in [7, 11) is 0. The number of ether oxygens (including phenoxy) is 1. The number of carbonyl (C=O) groups is 1. The van der Waals surface area contributed by atoms with E-state index >= 15 is 0 Å². The third-order valence-electron chi connectivity index (χ3n) is 3.23. The van der Waals surface area contributed by atoms with Crippen molar-refractivity contribution in [3.8, 4) is 5.75 Å². The van der Waals surface area contributed by atoms with E-state index in [0.29, 0.717) is 12.2 Å². The lowest BCUT2D eigenvalue weighted by atomic mass is 10.2. The molecule has 0 aliphatic heterocycles. The van der Waals surface area contributed by atoms with Gasteiger partial charge in [0.2, 0.25) is 5.75 Å². The number of nitro benzene ring substituents is 1. The number of likely N-dealkylation sites (N-methyl/N-ethyl adjacent to an activating group) is 1. The highest BCUT2D eigenvalue weighted by Gasteiger charge is 2.19. The van der Waals surface area contributed by atoms with Crippen LogP contribution in [0, 0.1) is 21.7 Å². The van der Waals surface area contributed by atoms with Crippen molar-refractivity contribution in [3.05, 3.63) is 64.2 Å². The van der Waals surface area contributed by atoms with Crippen LogP contribution in [0.1, 0.15) is 6.92 Å². The molecule has 0 saturated heterocycles. The minimum absolute atomic E-state index is 0.291. The minimum Gasteiger partial charge on any atom is -0.477 e. The first-order valence-electron chi connectivity index (χ1n) is 7.05. The molecule has 0 N–H and O–H groups in total. The van der Waals surface area contributed by atoms with E-state index in [1.807, 2.05) is 0 Å². The second-order valence-electron chi connectivity index (χ2n) is 4.77. The highest BCUT2D eigenvalue weighted by Crippen LogP contribution is 2.27. The van der Waals surface area contributed by atoms with Crippen LogP contribution in [-0.2, 0) is 4.79 Å². The number of nitrogens with zero attached hydrogens (tertiary/aromatic N) is 2. The van der Waals surface area contributed by atoms with Gasteiger partial charge in [0.15, 0.2) is 6.61 Å². The molecule has 0 atom stereocenters. The quantitative estimate of drug-likeness (QED) is 0.599. The molecular formula is C16H14F2N2O4. The normalized spacial score (nSPS) is 10.3. The number of halogens is 2. The van der Waals surface area contributed by atoms with Crippen LogP contribution in [0.5, 0.6) is 5.75 Å². The number of anilines is 1. The molecule has 2 aromatic rings. The van der Waals surface area contributed by atoms with Crippen LogP contribution in [0.3, 0.4) is 0 Å². The van der Waals surface area contributed by atoms with E-state index in [0.717, 1.165) is 18.2 Å². The molecule has 0 spiro atoms. The molecular weight excluding hydrogens is 322 g/mol. The maximum absolute atomic E-state index is 13.2. The zero-order valence-electron chi connectivity index (χ0n) is 12.7. The molecule has 1 amide bonds. The predicted octanol–water partition coefficient (Wildman–Crippen LogP) is 3.30. The Bertz CT molecular complexity index is 750. The largest absolute Gasteiger partial charge is 0.477 e. The van der Waals surface area contributed by atoms with E-state index in [-0.39, 0.29) is 5.75 Å². The SMILES string of the molecule is CCN(C(=O)COc1cc(F)ccc1[N+](=O)[O-])c1ccc(F)cc1. The Morgan fingerprint density at radius 2 is 1.79 bits per heavy atom. The molecule has 2 aromatic carbocycles. The first-order chi connectivity index (χ1) is 11.4. The fraction of sp³-hybridized carbons (Fsp3) is 0.188. The lowest BCUT2D eigenvalue weighted by Gasteiger charge is -2.21. The summed E-state index contributed by atoms with van der Waals surface area (Å²) in [5.41, 5.74) is 0.0234. The summed E-state index contributed by atoms with van der Waals surface area (Å²) in [6.45, 7) is 1.49. The Morgan fingerprint density at radius 1 is 1.17 bits per heavy atom. The van der Waals surface area contributed by atoms with Crippen molar-refractivity contribution in [1.29, 1.82) is 0 Å². The Hall–Kier alpha value is -3.03. The van der Waals surface area contributed by atoms with Crippen molar-refractivity contribution in [1.82, 2.24) is 0 Å². The van der Waals surface area contributed by atoms with Crippen LogP contribution in [0.2, 0.25) is 0 Å². The van der Waals surface area contributed by atoms with E-state index in [9.17, 15) is 23.7 Å². The monoisotopic (exact) mass is 336 g/mol. The molecule has 0 fully saturated rings. The molecule has 126 valence electrons. The molecule has 6 nitrogen and oxygen atoms in total. The zero-order valence-corrected chi connectivity index (χ0v) is 12.7. The minimum atomic E-state index is -0.725. The molecule has 24 heavy (non-hydrogen) atoms. The van der Waals surface area contributed by atoms with Gasteiger partial charge in [-0.05, 0) is 37.3 Å².